The first-order valence-electron chi connectivity index (χ1n) is 11.1. The van der Waals surface area contributed by atoms with E-state index in [2.05, 4.69) is 99.0 Å². The summed E-state index contributed by atoms with van der Waals surface area (Å²) in [5, 5.41) is 10.7. The van der Waals surface area contributed by atoms with Crippen molar-refractivity contribution in [1.29, 1.82) is 5.26 Å². The van der Waals surface area contributed by atoms with E-state index in [1.54, 1.807) is 11.3 Å². The summed E-state index contributed by atoms with van der Waals surface area (Å²) in [4.78, 5) is 6.20. The molecule has 1 aliphatic rings. The highest BCUT2D eigenvalue weighted by Gasteiger charge is 2.32. The van der Waals surface area contributed by atoms with Crippen LogP contribution in [-0.4, -0.2) is 10.8 Å². The topological polar surface area (TPSA) is 41.1 Å². The van der Waals surface area contributed by atoms with Crippen molar-refractivity contribution >= 4 is 45.1 Å². The number of aromatic nitrogens is 1. The van der Waals surface area contributed by atoms with Gasteiger partial charge in [0.1, 0.15) is 11.1 Å². The second kappa shape index (κ2) is 8.79. The van der Waals surface area contributed by atoms with Crippen LogP contribution in [-0.2, 0) is 12.8 Å². The molecule has 0 saturated heterocycles. The van der Waals surface area contributed by atoms with E-state index in [0.717, 1.165) is 35.4 Å². The molecule has 2 heterocycles. The highest BCUT2D eigenvalue weighted by atomic mass is 127. The zero-order valence-corrected chi connectivity index (χ0v) is 22.7. The Labute approximate surface area is 209 Å². The molecule has 1 aliphatic carbocycles. The molecule has 0 saturated carbocycles. The lowest BCUT2D eigenvalue weighted by molar-refractivity contribution is 0.218. The molecule has 1 aromatic carbocycles. The second-order valence-corrected chi connectivity index (χ2v) is 12.2. The van der Waals surface area contributed by atoms with Crippen molar-refractivity contribution in [2.75, 3.05) is 0 Å². The molecule has 0 amide bonds. The lowest BCUT2D eigenvalue weighted by atomic mass is 9.72. The van der Waals surface area contributed by atoms with Crippen molar-refractivity contribution in [3.8, 4) is 11.8 Å². The fraction of sp³-hybridized carbons (Fsp3) is 0.407. The van der Waals surface area contributed by atoms with Gasteiger partial charge in [-0.15, -0.1) is 11.3 Å². The van der Waals surface area contributed by atoms with Crippen LogP contribution in [0, 0.1) is 47.0 Å². The Balaban J connectivity index is 1.67. The van der Waals surface area contributed by atoms with Gasteiger partial charge in [0.2, 0.25) is 0 Å². The maximum absolute atomic E-state index is 9.86. The predicted octanol–water partition coefficient (Wildman–Crippen LogP) is 7.84. The number of aliphatic imine (C=N–C) groups is 1. The van der Waals surface area contributed by atoms with Gasteiger partial charge in [-0.3, -0.25) is 0 Å². The molecule has 0 aliphatic heterocycles. The van der Waals surface area contributed by atoms with Crippen molar-refractivity contribution < 1.29 is 0 Å². The number of fused-ring (bicyclic) bond motifs is 1. The first kappa shape index (κ1) is 23.3. The Morgan fingerprint density at radius 1 is 1.22 bits per heavy atom. The van der Waals surface area contributed by atoms with Crippen LogP contribution in [0.5, 0.6) is 0 Å². The van der Waals surface area contributed by atoms with Crippen LogP contribution in [0.25, 0.3) is 5.69 Å². The molecule has 4 rings (SSSR count). The lowest BCUT2D eigenvalue weighted by Crippen LogP contribution is -2.26. The number of hydrogen-bond acceptors (Lipinski definition) is 3. The number of nitriles is 1. The normalized spacial score (nSPS) is 16.4. The largest absolute Gasteiger partial charge is 0.318 e. The van der Waals surface area contributed by atoms with Gasteiger partial charge in [-0.25, -0.2) is 4.99 Å². The van der Waals surface area contributed by atoms with Gasteiger partial charge >= 0.3 is 0 Å². The Kier molecular flexibility index (Phi) is 6.39. The first-order valence-corrected chi connectivity index (χ1v) is 13.0. The van der Waals surface area contributed by atoms with Crippen LogP contribution in [0.15, 0.2) is 29.3 Å². The summed E-state index contributed by atoms with van der Waals surface area (Å²) in [6.45, 7) is 13.4. The standard InChI is InChI=1S/C27H30IN3S/c1-16-7-9-21(13-24(16)28)31-17(2)11-19(18(31)3)15-30-26-23(14-29)22-10-8-20(27(4,5)6)12-25(22)32-26/h7,9,11,13,15,20H,8,10,12H2,1-6H3/t20-/m1/s1. The quantitative estimate of drug-likeness (QED) is 0.240. The van der Waals surface area contributed by atoms with Gasteiger partial charge in [-0.05, 0) is 103 Å². The molecule has 0 fully saturated rings. The molecular weight excluding hydrogens is 525 g/mol. The molecule has 0 N–H and O–H groups in total. The lowest BCUT2D eigenvalue weighted by Gasteiger charge is -2.33. The fourth-order valence-electron chi connectivity index (χ4n) is 4.68. The summed E-state index contributed by atoms with van der Waals surface area (Å²) in [7, 11) is 0. The van der Waals surface area contributed by atoms with Crippen LogP contribution < -0.4 is 0 Å². The van der Waals surface area contributed by atoms with Crippen molar-refractivity contribution in [2.45, 2.75) is 60.8 Å². The van der Waals surface area contributed by atoms with Gasteiger partial charge < -0.3 is 4.57 Å². The maximum atomic E-state index is 9.86. The minimum Gasteiger partial charge on any atom is -0.318 e. The molecule has 0 spiro atoms. The van der Waals surface area contributed by atoms with E-state index in [1.165, 1.54) is 36.6 Å². The summed E-state index contributed by atoms with van der Waals surface area (Å²) in [5.74, 6) is 0.660. The van der Waals surface area contributed by atoms with Gasteiger partial charge in [0.15, 0.2) is 0 Å². The van der Waals surface area contributed by atoms with E-state index < -0.39 is 0 Å². The summed E-state index contributed by atoms with van der Waals surface area (Å²) in [6, 6.07) is 11.2. The zero-order valence-electron chi connectivity index (χ0n) is 19.7. The van der Waals surface area contributed by atoms with Crippen LogP contribution in [0.2, 0.25) is 0 Å². The summed E-state index contributed by atoms with van der Waals surface area (Å²) in [5.41, 5.74) is 8.23. The first-order chi connectivity index (χ1) is 15.1. The molecule has 32 heavy (non-hydrogen) atoms. The number of nitrogens with zero attached hydrogens (tertiary/aromatic N) is 3. The van der Waals surface area contributed by atoms with E-state index in [-0.39, 0.29) is 0 Å². The number of benzene rings is 1. The molecule has 1 atom stereocenters. The van der Waals surface area contributed by atoms with Gasteiger partial charge in [0, 0.05) is 37.3 Å². The van der Waals surface area contributed by atoms with E-state index in [9.17, 15) is 5.26 Å². The minimum atomic E-state index is 0.295. The van der Waals surface area contributed by atoms with Crippen molar-refractivity contribution in [2.24, 2.45) is 16.3 Å². The van der Waals surface area contributed by atoms with Gasteiger partial charge in [0.05, 0.1) is 5.56 Å². The van der Waals surface area contributed by atoms with Crippen LogP contribution in [0.3, 0.4) is 0 Å². The number of halogens is 1. The molecule has 5 heteroatoms. The van der Waals surface area contributed by atoms with Gasteiger partial charge in [-0.1, -0.05) is 26.8 Å². The predicted molar refractivity (Wildman–Crippen MR) is 144 cm³/mol. The Hall–Kier alpha value is -1.91. The summed E-state index contributed by atoms with van der Waals surface area (Å²) in [6.07, 6.45) is 5.15. The second-order valence-electron chi connectivity index (χ2n) is 9.96. The smallest absolute Gasteiger partial charge is 0.134 e. The number of rotatable bonds is 3. The molecule has 0 radical (unpaired) electrons. The van der Waals surface area contributed by atoms with E-state index in [4.69, 9.17) is 4.99 Å². The highest BCUT2D eigenvalue weighted by molar-refractivity contribution is 14.1. The third-order valence-corrected chi connectivity index (χ3v) is 9.11. The number of aryl methyl sites for hydroxylation is 2. The molecule has 3 nitrogen and oxygen atoms in total. The van der Waals surface area contributed by atoms with E-state index >= 15 is 0 Å². The molecule has 0 bridgehead atoms. The minimum absolute atomic E-state index is 0.295. The average molecular weight is 556 g/mol. The molecule has 2 aromatic heterocycles. The van der Waals surface area contributed by atoms with E-state index in [0.29, 0.717) is 11.3 Å². The van der Waals surface area contributed by atoms with Crippen molar-refractivity contribution in [3.63, 3.8) is 0 Å². The average Bonchev–Trinajstić information content (AvgIpc) is 3.23. The highest BCUT2D eigenvalue weighted by Crippen LogP contribution is 2.44. The van der Waals surface area contributed by atoms with E-state index in [1.807, 2.05) is 6.21 Å². The van der Waals surface area contributed by atoms with Gasteiger partial charge in [-0.2, -0.15) is 5.26 Å². The third kappa shape index (κ3) is 4.32. The maximum Gasteiger partial charge on any atom is 0.134 e. The fourth-order valence-corrected chi connectivity index (χ4v) is 6.40. The van der Waals surface area contributed by atoms with Crippen molar-refractivity contribution in [1.82, 2.24) is 4.57 Å². The molecule has 166 valence electrons. The Bertz CT molecular complexity index is 1250. The monoisotopic (exact) mass is 555 g/mol. The van der Waals surface area contributed by atoms with Crippen LogP contribution >= 0.6 is 33.9 Å². The van der Waals surface area contributed by atoms with Crippen LogP contribution in [0.4, 0.5) is 5.00 Å². The van der Waals surface area contributed by atoms with Gasteiger partial charge in [0.25, 0.3) is 0 Å². The SMILES string of the molecule is Cc1ccc(-n2c(C)cc(C=Nc3sc4c(c3C#N)CC[C@@H](C(C)(C)C)C4)c2C)cc1I. The Morgan fingerprint density at radius 3 is 2.62 bits per heavy atom. The molecular formula is C27H30IN3S. The van der Waals surface area contributed by atoms with Crippen LogP contribution in [0.1, 0.15) is 65.7 Å². The summed E-state index contributed by atoms with van der Waals surface area (Å²) >= 11 is 4.11. The zero-order chi connectivity index (χ0) is 23.2. The third-order valence-electron chi connectivity index (χ3n) is 6.79. The number of hydrogen-bond donors (Lipinski definition) is 0. The van der Waals surface area contributed by atoms with Crippen molar-refractivity contribution in [3.05, 3.63) is 66.4 Å². The number of thiophene rings is 1. The Morgan fingerprint density at radius 2 is 1.97 bits per heavy atom. The summed E-state index contributed by atoms with van der Waals surface area (Å²) < 4.78 is 3.54. The molecule has 3 aromatic rings. The molecule has 0 unspecified atom stereocenters.